The van der Waals surface area contributed by atoms with E-state index in [2.05, 4.69) is 223 Å². The molecule has 0 amide bonds. The molecule has 6 nitrogen and oxygen atoms in total. The average Bonchev–Trinajstić information content (AvgIpc) is 3.61. The zero-order valence-corrected chi connectivity index (χ0v) is 37.6. The number of rotatable bonds is 3. The summed E-state index contributed by atoms with van der Waals surface area (Å²) in [6.07, 6.45) is 9.84. The van der Waals surface area contributed by atoms with Crippen molar-refractivity contribution in [2.75, 3.05) is 0 Å². The Morgan fingerprint density at radius 2 is 1.16 bits per heavy atom. The molecule has 2 aromatic heterocycles. The molecule has 316 valence electrons. The number of aromatic nitrogens is 2. The van der Waals surface area contributed by atoms with Crippen molar-refractivity contribution in [1.82, 2.24) is 23.3 Å². The normalized spacial score (nSPS) is 24.0. The third-order valence-corrected chi connectivity index (χ3v) is 16.6. The highest BCUT2D eigenvalue weighted by molar-refractivity contribution is 6.20. The number of allylic oxidation sites excluding steroid dienone is 1. The summed E-state index contributed by atoms with van der Waals surface area (Å²) in [4.78, 5) is 4.67. The minimum atomic E-state index is -0.0641. The first kappa shape index (κ1) is 36.5. The molecule has 10 aromatic rings. The minimum absolute atomic E-state index is 0.00330. The van der Waals surface area contributed by atoms with Crippen LogP contribution in [-0.2, 0) is 0 Å². The quantitative estimate of drug-likeness (QED) is 0.0985. The van der Waals surface area contributed by atoms with Gasteiger partial charge in [0.15, 0.2) is 0 Å². The average molecular weight is 863 g/mol. The van der Waals surface area contributed by atoms with Gasteiger partial charge >= 0.3 is 6.29 Å². The number of nitrogens with zero attached hydrogens (tertiary/aromatic N) is 6. The molecule has 5 atom stereocenters. The third-order valence-electron chi connectivity index (χ3n) is 16.6. The fourth-order valence-corrected chi connectivity index (χ4v) is 14.2. The van der Waals surface area contributed by atoms with Crippen molar-refractivity contribution in [3.63, 3.8) is 0 Å². The number of para-hydroxylation sites is 5. The summed E-state index contributed by atoms with van der Waals surface area (Å²) in [5.41, 5.74) is 22.5. The molecular weight excluding hydrogens is 817 g/mol. The number of fused-ring (bicyclic) bond motifs is 12. The summed E-state index contributed by atoms with van der Waals surface area (Å²) in [6, 6.07) is 67.3. The molecule has 6 aliphatic rings. The maximum absolute atomic E-state index is 4.67. The Labute approximate surface area is 388 Å². The minimum Gasteiger partial charge on any atom is -0.271 e. The van der Waals surface area contributed by atoms with Crippen molar-refractivity contribution in [1.29, 1.82) is 0 Å². The molecule has 67 heavy (non-hydrogen) atoms. The van der Waals surface area contributed by atoms with Gasteiger partial charge in [0.25, 0.3) is 28.9 Å². The Bertz CT molecular complexity index is 3910. The largest absolute Gasteiger partial charge is 0.513 e. The van der Waals surface area contributed by atoms with Crippen LogP contribution >= 0.6 is 0 Å². The van der Waals surface area contributed by atoms with Crippen LogP contribution in [0.4, 0.5) is 34.1 Å². The van der Waals surface area contributed by atoms with E-state index in [4.69, 9.17) is 0 Å². The molecule has 8 heterocycles. The Morgan fingerprint density at radius 3 is 1.91 bits per heavy atom. The van der Waals surface area contributed by atoms with E-state index in [0.29, 0.717) is 13.8 Å². The molecule has 0 bridgehead atoms. The van der Waals surface area contributed by atoms with E-state index in [-0.39, 0.29) is 17.9 Å². The van der Waals surface area contributed by atoms with E-state index in [1.807, 2.05) is 12.4 Å². The van der Waals surface area contributed by atoms with Crippen LogP contribution < -0.4 is 13.8 Å². The van der Waals surface area contributed by atoms with Crippen LogP contribution in [0.5, 0.6) is 0 Å². The van der Waals surface area contributed by atoms with Crippen LogP contribution in [0, 0.1) is 5.41 Å². The van der Waals surface area contributed by atoms with Crippen LogP contribution in [0.25, 0.3) is 77.1 Å². The second-order valence-electron chi connectivity index (χ2n) is 20.5. The lowest BCUT2D eigenvalue weighted by molar-refractivity contribution is -0.711. The smallest absolute Gasteiger partial charge is 0.271 e. The van der Waals surface area contributed by atoms with Crippen molar-refractivity contribution in [2.24, 2.45) is 5.41 Å². The molecule has 2 spiro atoms. The summed E-state index contributed by atoms with van der Waals surface area (Å²) in [6.45, 7) is 7.17. The van der Waals surface area contributed by atoms with Gasteiger partial charge in [-0.2, -0.15) is 0 Å². The lowest BCUT2D eigenvalue weighted by Gasteiger charge is -2.38. The van der Waals surface area contributed by atoms with E-state index in [1.165, 1.54) is 111 Å². The van der Waals surface area contributed by atoms with Crippen LogP contribution in [0.1, 0.15) is 33.4 Å². The first-order valence-corrected chi connectivity index (χ1v) is 23.8. The second-order valence-corrected chi connectivity index (χ2v) is 20.5. The molecule has 1 saturated heterocycles. The molecule has 6 aliphatic heterocycles. The Hall–Kier alpha value is -7.74. The standard InChI is InChI=1S/C61H46N6/c1-61(2,3)42-31-33-63-55(36-42)64-51-24-11-10-20-45(51)46-28-29-48-50-35-41-37-62-32-30-40(41)34-49(50)47-23-15-27-54-58(47)65(63,59(48)56(46)64)60-66(54)52-25-12-13-26-53(52)67(60,66)57-43(38-16-6-4-7-17-38)21-14-22-44(57)39-18-8-5-9-19-39/h4-35,37,55,60H,36H2,1-3H3/q+4/t55?,60?,65?,66?,67-/m0/s1. The SMILES string of the molecule is CC(C)(C)C1=CC=[N+]2C(C1)n1c3ccccc3c3ccc4c(c31)[N+]21c2c(cccc2[N+]23c5ccccc5[N@+]2(c2c(-c5ccccc5)cccc2-c2ccccc2)C13)-c1cc2ccncc2cc1-4. The van der Waals surface area contributed by atoms with E-state index in [0.717, 1.165) is 11.8 Å². The van der Waals surface area contributed by atoms with Gasteiger partial charge in [0, 0.05) is 73.1 Å². The van der Waals surface area contributed by atoms with Gasteiger partial charge in [-0.25, -0.2) is 0 Å². The Morgan fingerprint density at radius 1 is 0.537 bits per heavy atom. The van der Waals surface area contributed by atoms with E-state index in [1.54, 1.807) is 0 Å². The van der Waals surface area contributed by atoms with Gasteiger partial charge in [0.1, 0.15) is 5.52 Å². The van der Waals surface area contributed by atoms with Gasteiger partial charge in [0.2, 0.25) is 17.6 Å². The maximum atomic E-state index is 4.67. The van der Waals surface area contributed by atoms with Gasteiger partial charge in [-0.3, -0.25) is 9.55 Å². The summed E-state index contributed by atoms with van der Waals surface area (Å²) in [5.74, 6) is 0. The summed E-state index contributed by atoms with van der Waals surface area (Å²) in [7, 11) is 0. The summed E-state index contributed by atoms with van der Waals surface area (Å²) < 4.78 is 7.50. The van der Waals surface area contributed by atoms with Crippen molar-refractivity contribution in [3.8, 4) is 44.5 Å². The van der Waals surface area contributed by atoms with Gasteiger partial charge in [-0.1, -0.05) is 130 Å². The predicted octanol–water partition coefficient (Wildman–Crippen LogP) is 15.4. The van der Waals surface area contributed by atoms with Crippen molar-refractivity contribution < 1.29 is 4.68 Å². The van der Waals surface area contributed by atoms with Crippen LogP contribution in [0.2, 0.25) is 0 Å². The first-order chi connectivity index (χ1) is 32.9. The van der Waals surface area contributed by atoms with E-state index in [9.17, 15) is 0 Å². The molecule has 8 aromatic carbocycles. The molecular formula is C61H46N6+4. The van der Waals surface area contributed by atoms with Crippen molar-refractivity contribution in [3.05, 3.63) is 200 Å². The number of hydrogen-bond acceptors (Lipinski definition) is 1. The summed E-state index contributed by atoms with van der Waals surface area (Å²) in [5, 5.41) is 4.99. The molecule has 0 saturated carbocycles. The van der Waals surface area contributed by atoms with Gasteiger partial charge in [-0.05, 0) is 91.8 Å². The van der Waals surface area contributed by atoms with Gasteiger partial charge in [0.05, 0.1) is 27.7 Å². The second kappa shape index (κ2) is 12.0. The highest BCUT2D eigenvalue weighted by Crippen LogP contribution is 2.87. The maximum Gasteiger partial charge on any atom is 0.513 e. The first-order valence-electron chi connectivity index (χ1n) is 23.8. The molecule has 4 unspecified atom stereocenters. The van der Waals surface area contributed by atoms with Crippen LogP contribution in [-0.4, -0.2) is 26.7 Å². The monoisotopic (exact) mass is 862 g/mol. The van der Waals surface area contributed by atoms with Crippen LogP contribution in [0.15, 0.2) is 200 Å². The lowest BCUT2D eigenvalue weighted by atomic mass is 9.82. The molecule has 6 heteroatoms. The number of benzene rings is 8. The number of hydrogen-bond donors (Lipinski definition) is 0. The molecule has 1 fully saturated rings. The zero-order chi connectivity index (χ0) is 44.2. The fourth-order valence-electron chi connectivity index (χ4n) is 14.2. The highest BCUT2D eigenvalue weighted by Gasteiger charge is 3.12. The van der Waals surface area contributed by atoms with Gasteiger partial charge in [-0.15, -0.1) is 0 Å². The van der Waals surface area contributed by atoms with Gasteiger partial charge < -0.3 is 0 Å². The fraction of sp³-hybridized carbons (Fsp3) is 0.115. The molecule has 0 aliphatic carbocycles. The summed E-state index contributed by atoms with van der Waals surface area (Å²) >= 11 is 0. The number of pyridine rings is 1. The topological polar surface area (TPSA) is 20.8 Å². The van der Waals surface area contributed by atoms with E-state index < -0.39 is 0 Å². The molecule has 0 radical (unpaired) electrons. The van der Waals surface area contributed by atoms with Crippen molar-refractivity contribution >= 4 is 72.9 Å². The zero-order valence-electron chi connectivity index (χ0n) is 37.6. The van der Waals surface area contributed by atoms with Crippen molar-refractivity contribution in [2.45, 2.75) is 39.6 Å². The Balaban J connectivity index is 1.16. The Kier molecular flexibility index (Phi) is 6.52. The third kappa shape index (κ3) is 3.94. The number of quaternary nitrogens is 3. The molecule has 0 N–H and O–H groups in total. The highest BCUT2D eigenvalue weighted by atomic mass is 16.2. The van der Waals surface area contributed by atoms with E-state index >= 15 is 0 Å². The predicted molar refractivity (Wildman–Crippen MR) is 275 cm³/mol. The van der Waals surface area contributed by atoms with Crippen LogP contribution in [0.3, 0.4) is 0 Å². The lowest BCUT2D eigenvalue weighted by Crippen LogP contribution is -2.62. The molecule has 16 rings (SSSR count).